The van der Waals surface area contributed by atoms with Crippen molar-refractivity contribution in [3.8, 4) is 11.6 Å². The molecule has 0 aliphatic carbocycles. The molecule has 0 spiro atoms. The molecule has 0 saturated heterocycles. The van der Waals surface area contributed by atoms with E-state index in [-0.39, 0.29) is 0 Å². The molecule has 2 aromatic rings. The maximum atomic E-state index is 5.91. The lowest BCUT2D eigenvalue weighted by Crippen LogP contribution is -1.89. The van der Waals surface area contributed by atoms with Gasteiger partial charge in [-0.25, -0.2) is 9.97 Å². The van der Waals surface area contributed by atoms with Crippen LogP contribution < -0.4 is 4.74 Å². The summed E-state index contributed by atoms with van der Waals surface area (Å²) in [4.78, 5) is 7.64. The van der Waals surface area contributed by atoms with Gasteiger partial charge in [-0.15, -0.1) is 0 Å². The lowest BCUT2D eigenvalue weighted by molar-refractivity contribution is 0.462. The molecule has 76 valence electrons. The number of hydrogen-bond donors (Lipinski definition) is 0. The Kier molecular flexibility index (Phi) is 3.04. The van der Waals surface area contributed by atoms with Crippen LogP contribution in [-0.4, -0.2) is 9.97 Å². The summed E-state index contributed by atoms with van der Waals surface area (Å²) in [6.07, 6.45) is 1.33. The quantitative estimate of drug-likeness (QED) is 0.753. The van der Waals surface area contributed by atoms with Gasteiger partial charge in [-0.2, -0.15) is 0 Å². The minimum Gasteiger partial charge on any atom is -0.437 e. The molecule has 0 aliphatic heterocycles. The van der Waals surface area contributed by atoms with E-state index in [4.69, 9.17) is 27.9 Å². The SMILES string of the molecule is Clc1cc(Oc2ccccc2Cl)ncn1. The van der Waals surface area contributed by atoms with Crippen LogP contribution in [0.4, 0.5) is 0 Å². The number of ether oxygens (including phenoxy) is 1. The van der Waals surface area contributed by atoms with Crippen LogP contribution in [0.5, 0.6) is 11.6 Å². The standard InChI is InChI=1S/C10H6Cl2N2O/c11-7-3-1-2-4-8(7)15-10-5-9(12)13-6-14-10/h1-6H. The van der Waals surface area contributed by atoms with Crippen molar-refractivity contribution >= 4 is 23.2 Å². The Hall–Kier alpha value is -1.32. The number of rotatable bonds is 2. The second kappa shape index (κ2) is 4.47. The monoisotopic (exact) mass is 240 g/mol. The number of benzene rings is 1. The zero-order valence-electron chi connectivity index (χ0n) is 7.52. The number of aromatic nitrogens is 2. The normalized spacial score (nSPS) is 10.0. The number of para-hydroxylation sites is 1. The fraction of sp³-hybridized carbons (Fsp3) is 0. The van der Waals surface area contributed by atoms with Crippen LogP contribution in [0.25, 0.3) is 0 Å². The molecule has 0 bridgehead atoms. The molecular weight excluding hydrogens is 235 g/mol. The predicted octanol–water partition coefficient (Wildman–Crippen LogP) is 3.58. The van der Waals surface area contributed by atoms with Gasteiger partial charge >= 0.3 is 0 Å². The van der Waals surface area contributed by atoms with Crippen LogP contribution in [0.2, 0.25) is 10.2 Å². The van der Waals surface area contributed by atoms with Crippen molar-refractivity contribution in [1.82, 2.24) is 9.97 Å². The second-order valence-corrected chi connectivity index (χ2v) is 3.51. The van der Waals surface area contributed by atoms with Crippen molar-refractivity contribution in [3.05, 3.63) is 46.8 Å². The van der Waals surface area contributed by atoms with Gasteiger partial charge in [-0.05, 0) is 12.1 Å². The zero-order valence-corrected chi connectivity index (χ0v) is 9.03. The van der Waals surface area contributed by atoms with Crippen molar-refractivity contribution in [3.63, 3.8) is 0 Å². The molecule has 0 atom stereocenters. The highest BCUT2D eigenvalue weighted by Gasteiger charge is 2.03. The van der Waals surface area contributed by atoms with Crippen molar-refractivity contribution in [2.45, 2.75) is 0 Å². The summed E-state index contributed by atoms with van der Waals surface area (Å²) in [6, 6.07) is 8.65. The Morgan fingerprint density at radius 2 is 1.87 bits per heavy atom. The molecular formula is C10H6Cl2N2O. The molecule has 0 N–H and O–H groups in total. The van der Waals surface area contributed by atoms with Gasteiger partial charge in [0.25, 0.3) is 0 Å². The van der Waals surface area contributed by atoms with E-state index < -0.39 is 0 Å². The van der Waals surface area contributed by atoms with E-state index in [9.17, 15) is 0 Å². The van der Waals surface area contributed by atoms with Crippen molar-refractivity contribution in [1.29, 1.82) is 0 Å². The Morgan fingerprint density at radius 1 is 1.07 bits per heavy atom. The molecule has 0 fully saturated rings. The molecule has 0 aliphatic rings. The van der Waals surface area contributed by atoms with E-state index in [1.54, 1.807) is 12.1 Å². The molecule has 0 radical (unpaired) electrons. The van der Waals surface area contributed by atoms with Crippen molar-refractivity contribution < 1.29 is 4.74 Å². The lowest BCUT2D eigenvalue weighted by atomic mass is 10.3. The van der Waals surface area contributed by atoms with Crippen molar-refractivity contribution in [2.75, 3.05) is 0 Å². The summed E-state index contributed by atoms with van der Waals surface area (Å²) in [5, 5.41) is 0.847. The fourth-order valence-corrected chi connectivity index (χ4v) is 1.32. The number of hydrogen-bond acceptors (Lipinski definition) is 3. The first kappa shape index (κ1) is 10.2. The summed E-state index contributed by atoms with van der Waals surface area (Å²) in [5.41, 5.74) is 0. The van der Waals surface area contributed by atoms with Gasteiger partial charge < -0.3 is 4.74 Å². The number of halogens is 2. The van der Waals surface area contributed by atoms with Crippen LogP contribution in [0.1, 0.15) is 0 Å². The van der Waals surface area contributed by atoms with Gasteiger partial charge in [0.15, 0.2) is 0 Å². The Labute approximate surface area is 96.6 Å². The van der Waals surface area contributed by atoms with Gasteiger partial charge in [-0.1, -0.05) is 35.3 Å². The summed E-state index contributed by atoms with van der Waals surface area (Å²) in [5.74, 6) is 0.900. The molecule has 0 unspecified atom stereocenters. The molecule has 1 aromatic carbocycles. The fourth-order valence-electron chi connectivity index (χ4n) is 1.01. The first-order valence-electron chi connectivity index (χ1n) is 4.15. The van der Waals surface area contributed by atoms with Crippen LogP contribution in [0.3, 0.4) is 0 Å². The first-order chi connectivity index (χ1) is 7.25. The zero-order chi connectivity index (χ0) is 10.7. The average molecular weight is 241 g/mol. The molecule has 15 heavy (non-hydrogen) atoms. The highest BCUT2D eigenvalue weighted by molar-refractivity contribution is 6.32. The van der Waals surface area contributed by atoms with Gasteiger partial charge in [-0.3, -0.25) is 0 Å². The largest absolute Gasteiger partial charge is 0.437 e. The van der Waals surface area contributed by atoms with E-state index in [1.165, 1.54) is 12.4 Å². The highest BCUT2D eigenvalue weighted by Crippen LogP contribution is 2.27. The Bertz CT molecular complexity index is 476. The summed E-state index contributed by atoms with van der Waals surface area (Å²) in [6.45, 7) is 0. The van der Waals surface area contributed by atoms with Gasteiger partial charge in [0.1, 0.15) is 17.2 Å². The summed E-state index contributed by atoms with van der Waals surface area (Å²) >= 11 is 11.6. The van der Waals surface area contributed by atoms with Crippen molar-refractivity contribution in [2.24, 2.45) is 0 Å². The van der Waals surface area contributed by atoms with Crippen LogP contribution in [0, 0.1) is 0 Å². The maximum Gasteiger partial charge on any atom is 0.223 e. The van der Waals surface area contributed by atoms with E-state index in [0.29, 0.717) is 21.8 Å². The minimum absolute atomic E-state index is 0.326. The third kappa shape index (κ3) is 2.58. The third-order valence-corrected chi connectivity index (χ3v) is 2.18. The minimum atomic E-state index is 0.326. The van der Waals surface area contributed by atoms with Gasteiger partial charge in [0.2, 0.25) is 5.88 Å². The second-order valence-electron chi connectivity index (χ2n) is 2.71. The highest BCUT2D eigenvalue weighted by atomic mass is 35.5. The topological polar surface area (TPSA) is 35.0 Å². The van der Waals surface area contributed by atoms with Gasteiger partial charge in [0.05, 0.1) is 5.02 Å². The Balaban J connectivity index is 2.26. The smallest absolute Gasteiger partial charge is 0.223 e. The molecule has 1 heterocycles. The first-order valence-corrected chi connectivity index (χ1v) is 4.91. The van der Waals surface area contributed by atoms with Crippen LogP contribution in [0.15, 0.2) is 36.7 Å². The Morgan fingerprint density at radius 3 is 2.60 bits per heavy atom. The molecule has 0 saturated carbocycles. The molecule has 0 amide bonds. The molecule has 5 heteroatoms. The van der Waals surface area contributed by atoms with E-state index in [0.717, 1.165) is 0 Å². The lowest BCUT2D eigenvalue weighted by Gasteiger charge is -2.05. The third-order valence-electron chi connectivity index (χ3n) is 1.66. The molecule has 2 rings (SSSR count). The summed E-state index contributed by atoms with van der Waals surface area (Å²) in [7, 11) is 0. The van der Waals surface area contributed by atoms with Crippen LogP contribution >= 0.6 is 23.2 Å². The van der Waals surface area contributed by atoms with E-state index >= 15 is 0 Å². The van der Waals surface area contributed by atoms with Crippen LogP contribution in [-0.2, 0) is 0 Å². The van der Waals surface area contributed by atoms with Gasteiger partial charge in [0, 0.05) is 6.07 Å². The van der Waals surface area contributed by atoms with E-state index in [1.807, 2.05) is 12.1 Å². The molecule has 1 aromatic heterocycles. The molecule has 3 nitrogen and oxygen atoms in total. The maximum absolute atomic E-state index is 5.91. The van der Waals surface area contributed by atoms with E-state index in [2.05, 4.69) is 9.97 Å². The number of nitrogens with zero attached hydrogens (tertiary/aromatic N) is 2. The summed E-state index contributed by atoms with van der Waals surface area (Å²) < 4.78 is 5.42. The average Bonchev–Trinajstić information content (AvgIpc) is 2.22. The predicted molar refractivity (Wildman–Crippen MR) is 58.6 cm³/mol.